The molecule has 1 saturated heterocycles. The molecule has 2 aromatic carbocycles. The third kappa shape index (κ3) is 3.89. The quantitative estimate of drug-likeness (QED) is 0.550. The summed E-state index contributed by atoms with van der Waals surface area (Å²) in [6.45, 7) is 5.90. The van der Waals surface area contributed by atoms with Gasteiger partial charge in [0.1, 0.15) is 11.4 Å². The van der Waals surface area contributed by atoms with Crippen molar-refractivity contribution in [2.75, 3.05) is 20.7 Å². The minimum absolute atomic E-state index is 0.125. The number of carbonyl (C=O) groups excluding carboxylic acids is 2. The van der Waals surface area contributed by atoms with Crippen LogP contribution in [0.3, 0.4) is 0 Å². The second-order valence-corrected chi connectivity index (χ2v) is 12.1. The maximum atomic E-state index is 13.7. The molecule has 2 bridgehead atoms. The molecule has 40 heavy (non-hydrogen) atoms. The number of esters is 1. The van der Waals surface area contributed by atoms with E-state index >= 15 is 0 Å². The van der Waals surface area contributed by atoms with E-state index in [4.69, 9.17) is 23.7 Å². The summed E-state index contributed by atoms with van der Waals surface area (Å²) in [7, 11) is 3.62. The van der Waals surface area contributed by atoms with Crippen molar-refractivity contribution < 1.29 is 38.4 Å². The van der Waals surface area contributed by atoms with Gasteiger partial charge < -0.3 is 33.7 Å². The highest BCUT2D eigenvalue weighted by atomic mass is 16.7. The molecule has 2 aromatic rings. The Kier molecular flexibility index (Phi) is 6.16. The van der Waals surface area contributed by atoms with Gasteiger partial charge in [0.25, 0.3) is 0 Å². The Balaban J connectivity index is 1.37. The van der Waals surface area contributed by atoms with Crippen molar-refractivity contribution in [3.8, 4) is 11.5 Å². The highest BCUT2D eigenvalue weighted by Gasteiger charge is 2.72. The van der Waals surface area contributed by atoms with E-state index in [-0.39, 0.29) is 18.2 Å². The zero-order chi connectivity index (χ0) is 28.4. The van der Waals surface area contributed by atoms with Crippen molar-refractivity contribution in [3.63, 3.8) is 0 Å². The standard InChI is InChI=1S/C31H35NO8/c1-29(2,3)40-28(34)39-24(18-9-7-6-8-10-18)27(33)37-21-13-14-31(35)22-17-19-11-12-20(36-5)25-23(19)30(31,26(21)38-25)15-16-32(22)4/h6-13,22,24,26,35H,14-17H2,1-5H3. The van der Waals surface area contributed by atoms with E-state index in [1.807, 2.05) is 19.2 Å². The van der Waals surface area contributed by atoms with E-state index in [2.05, 4.69) is 4.90 Å². The molecule has 1 N–H and O–H groups in total. The molecule has 9 heteroatoms. The molecule has 5 unspecified atom stereocenters. The zero-order valence-electron chi connectivity index (χ0n) is 23.4. The number of hydrogen-bond acceptors (Lipinski definition) is 9. The van der Waals surface area contributed by atoms with Gasteiger partial charge in [0, 0.05) is 23.6 Å². The van der Waals surface area contributed by atoms with Crippen molar-refractivity contribution in [3.05, 3.63) is 71.0 Å². The zero-order valence-corrected chi connectivity index (χ0v) is 23.4. The summed E-state index contributed by atoms with van der Waals surface area (Å²) >= 11 is 0. The molecule has 6 rings (SSSR count). The number of piperidine rings is 1. The number of methoxy groups -OCH3 is 1. The molecular formula is C31H35NO8. The summed E-state index contributed by atoms with van der Waals surface area (Å²) in [5.74, 6) is 0.665. The van der Waals surface area contributed by atoms with Crippen LogP contribution in [0.15, 0.2) is 54.3 Å². The second kappa shape index (κ2) is 9.24. The number of ether oxygens (including phenoxy) is 5. The van der Waals surface area contributed by atoms with Crippen LogP contribution >= 0.6 is 0 Å². The van der Waals surface area contributed by atoms with Gasteiger partial charge in [-0.2, -0.15) is 0 Å². The molecule has 0 radical (unpaired) electrons. The van der Waals surface area contributed by atoms with E-state index in [1.165, 1.54) is 0 Å². The Hall–Kier alpha value is -3.56. The highest BCUT2D eigenvalue weighted by Crippen LogP contribution is 2.65. The Morgan fingerprint density at radius 3 is 2.60 bits per heavy atom. The van der Waals surface area contributed by atoms with Crippen LogP contribution < -0.4 is 9.47 Å². The van der Waals surface area contributed by atoms with Crippen molar-refractivity contribution in [1.82, 2.24) is 4.90 Å². The minimum Gasteiger partial charge on any atom is -0.493 e. The third-order valence-corrected chi connectivity index (χ3v) is 8.70. The first-order valence-corrected chi connectivity index (χ1v) is 13.6. The minimum atomic E-state index is -1.36. The average molecular weight is 550 g/mol. The lowest BCUT2D eigenvalue weighted by molar-refractivity contribution is -0.173. The van der Waals surface area contributed by atoms with Gasteiger partial charge >= 0.3 is 12.1 Å². The molecule has 0 saturated carbocycles. The molecule has 5 atom stereocenters. The van der Waals surface area contributed by atoms with Crippen LogP contribution in [0.5, 0.6) is 11.5 Å². The maximum Gasteiger partial charge on any atom is 0.510 e. The first kappa shape index (κ1) is 26.7. The highest BCUT2D eigenvalue weighted by molar-refractivity contribution is 5.80. The number of carbonyl (C=O) groups is 2. The van der Waals surface area contributed by atoms with Crippen molar-refractivity contribution >= 4 is 12.1 Å². The van der Waals surface area contributed by atoms with E-state index in [0.29, 0.717) is 29.9 Å². The molecule has 2 heterocycles. The normalized spacial score (nSPS) is 28.9. The van der Waals surface area contributed by atoms with Crippen LogP contribution in [0.4, 0.5) is 4.79 Å². The first-order chi connectivity index (χ1) is 19.0. The summed E-state index contributed by atoms with van der Waals surface area (Å²) < 4.78 is 29.1. The molecule has 2 aliphatic heterocycles. The number of rotatable bonds is 5. The maximum absolute atomic E-state index is 13.7. The SMILES string of the molecule is COc1ccc2c3c1OC1C(OC(=O)C(OC(=O)OC(C)(C)C)c4ccccc4)=CCC4(O)C(C2)N(C)CCC314. The van der Waals surface area contributed by atoms with Gasteiger partial charge in [-0.3, -0.25) is 0 Å². The van der Waals surface area contributed by atoms with Gasteiger partial charge in [-0.05, 0) is 64.9 Å². The van der Waals surface area contributed by atoms with Gasteiger partial charge in [0.2, 0.25) is 6.10 Å². The van der Waals surface area contributed by atoms with Gasteiger partial charge in [0.15, 0.2) is 17.6 Å². The number of aliphatic hydroxyl groups is 1. The topological polar surface area (TPSA) is 104 Å². The molecule has 4 aliphatic rings. The summed E-state index contributed by atoms with van der Waals surface area (Å²) in [4.78, 5) is 28.5. The molecule has 9 nitrogen and oxygen atoms in total. The monoisotopic (exact) mass is 549 g/mol. The predicted molar refractivity (Wildman–Crippen MR) is 144 cm³/mol. The van der Waals surface area contributed by atoms with E-state index in [9.17, 15) is 14.7 Å². The molecule has 212 valence electrons. The van der Waals surface area contributed by atoms with Crippen LogP contribution in [-0.2, 0) is 30.8 Å². The van der Waals surface area contributed by atoms with Gasteiger partial charge in [0.05, 0.1) is 18.1 Å². The smallest absolute Gasteiger partial charge is 0.493 e. The van der Waals surface area contributed by atoms with E-state index in [0.717, 1.165) is 17.7 Å². The first-order valence-electron chi connectivity index (χ1n) is 13.6. The Labute approximate surface area is 233 Å². The molecule has 0 amide bonds. The van der Waals surface area contributed by atoms with Crippen LogP contribution in [0, 0.1) is 0 Å². The fraction of sp³-hybridized carbons (Fsp3) is 0.484. The molecule has 2 aliphatic carbocycles. The largest absolute Gasteiger partial charge is 0.510 e. The summed E-state index contributed by atoms with van der Waals surface area (Å²) in [6.07, 6.45) is 0.221. The number of benzene rings is 2. The lowest BCUT2D eigenvalue weighted by Gasteiger charge is -2.61. The fourth-order valence-electron chi connectivity index (χ4n) is 7.01. The van der Waals surface area contributed by atoms with Crippen LogP contribution in [0.25, 0.3) is 0 Å². The lowest BCUT2D eigenvalue weighted by Crippen LogP contribution is -2.74. The number of nitrogens with zero attached hydrogens (tertiary/aromatic N) is 1. The van der Waals surface area contributed by atoms with E-state index in [1.54, 1.807) is 64.3 Å². The molecular weight excluding hydrogens is 514 g/mol. The average Bonchev–Trinajstić information content (AvgIpc) is 3.26. The fourth-order valence-corrected chi connectivity index (χ4v) is 7.01. The molecule has 1 fully saturated rings. The van der Waals surface area contributed by atoms with E-state index < -0.39 is 40.9 Å². The van der Waals surface area contributed by atoms with Gasteiger partial charge in [-0.15, -0.1) is 0 Å². The van der Waals surface area contributed by atoms with Crippen LogP contribution in [0.1, 0.15) is 56.4 Å². The summed E-state index contributed by atoms with van der Waals surface area (Å²) in [5.41, 5.74) is -0.264. The number of likely N-dealkylation sites (N-methyl/N-ethyl adjacent to an activating group) is 1. The molecule has 1 spiro atoms. The molecule has 0 aromatic heterocycles. The number of hydrogen-bond donors (Lipinski definition) is 1. The number of likely N-dealkylation sites (tertiary alicyclic amines) is 1. The van der Waals surface area contributed by atoms with Crippen molar-refractivity contribution in [1.29, 1.82) is 0 Å². The third-order valence-electron chi connectivity index (χ3n) is 8.70. The Bertz CT molecular complexity index is 1380. The van der Waals surface area contributed by atoms with Gasteiger partial charge in [-0.25, -0.2) is 9.59 Å². The summed E-state index contributed by atoms with van der Waals surface area (Å²) in [6, 6.07) is 12.5. The lowest BCUT2D eigenvalue weighted by atomic mass is 9.50. The van der Waals surface area contributed by atoms with Crippen molar-refractivity contribution in [2.24, 2.45) is 0 Å². The van der Waals surface area contributed by atoms with Crippen molar-refractivity contribution in [2.45, 2.75) is 74.9 Å². The predicted octanol–water partition coefficient (Wildman–Crippen LogP) is 4.21. The Morgan fingerprint density at radius 2 is 1.90 bits per heavy atom. The Morgan fingerprint density at radius 1 is 1.15 bits per heavy atom. The van der Waals surface area contributed by atoms with Gasteiger partial charge in [-0.1, -0.05) is 36.4 Å². The second-order valence-electron chi connectivity index (χ2n) is 12.1. The van der Waals surface area contributed by atoms with Crippen LogP contribution in [0.2, 0.25) is 0 Å². The summed E-state index contributed by atoms with van der Waals surface area (Å²) in [5, 5.41) is 12.4. The van der Waals surface area contributed by atoms with Crippen LogP contribution in [-0.4, -0.2) is 66.2 Å².